The average molecular weight is 348 g/mol. The van der Waals surface area contributed by atoms with Gasteiger partial charge in [0.05, 0.1) is 11.4 Å². The van der Waals surface area contributed by atoms with Gasteiger partial charge in [0.15, 0.2) is 5.65 Å². The highest BCUT2D eigenvalue weighted by Gasteiger charge is 2.13. The van der Waals surface area contributed by atoms with E-state index in [2.05, 4.69) is 45.3 Å². The summed E-state index contributed by atoms with van der Waals surface area (Å²) >= 11 is 0. The van der Waals surface area contributed by atoms with E-state index in [1.54, 1.807) is 6.20 Å². The molecular formula is C23H16N4. The zero-order chi connectivity index (χ0) is 18.2. The summed E-state index contributed by atoms with van der Waals surface area (Å²) in [6, 6.07) is 20.3. The largest absolute Gasteiger partial charge is 0.263 e. The van der Waals surface area contributed by atoms with Crippen LogP contribution >= 0.6 is 0 Å². The monoisotopic (exact) mass is 348 g/mol. The van der Waals surface area contributed by atoms with E-state index in [1.165, 1.54) is 0 Å². The van der Waals surface area contributed by atoms with Crippen molar-refractivity contribution < 1.29 is 0 Å². The molecule has 0 saturated heterocycles. The predicted octanol–water partition coefficient (Wildman–Crippen LogP) is 5.22. The molecule has 128 valence electrons. The first-order chi connectivity index (χ1) is 13.3. The molecule has 5 aromatic rings. The third-order valence-corrected chi connectivity index (χ3v) is 4.69. The molecule has 0 radical (unpaired) electrons. The summed E-state index contributed by atoms with van der Waals surface area (Å²) in [5, 5.41) is 3.28. The second kappa shape index (κ2) is 6.25. The molecular weight excluding hydrogens is 332 g/mol. The third-order valence-electron chi connectivity index (χ3n) is 4.69. The number of pyridine rings is 4. The highest BCUT2D eigenvalue weighted by Crippen LogP contribution is 2.34. The number of benzene rings is 1. The average Bonchev–Trinajstić information content (AvgIpc) is 2.72. The molecule has 0 saturated carbocycles. The Bertz CT molecular complexity index is 1290. The van der Waals surface area contributed by atoms with Crippen molar-refractivity contribution in [1.82, 2.24) is 19.9 Å². The number of fused-ring (bicyclic) bond motifs is 2. The number of hydrogen-bond donors (Lipinski definition) is 0. The number of hydrogen-bond acceptors (Lipinski definition) is 4. The molecule has 4 heterocycles. The van der Waals surface area contributed by atoms with Crippen LogP contribution in [0.3, 0.4) is 0 Å². The Morgan fingerprint density at radius 2 is 1.59 bits per heavy atom. The van der Waals surface area contributed by atoms with Crippen LogP contribution in [0, 0.1) is 6.92 Å². The lowest BCUT2D eigenvalue weighted by Gasteiger charge is -2.11. The lowest BCUT2D eigenvalue weighted by molar-refractivity contribution is 1.18. The van der Waals surface area contributed by atoms with Gasteiger partial charge in [0, 0.05) is 40.6 Å². The van der Waals surface area contributed by atoms with Crippen LogP contribution in [0.1, 0.15) is 5.69 Å². The van der Waals surface area contributed by atoms with Crippen LogP contribution in [-0.2, 0) is 0 Å². The summed E-state index contributed by atoms with van der Waals surface area (Å²) in [6.45, 7) is 1.98. The standard InChI is InChI=1S/C23H16N4/c1-15-6-4-10-21(26-15)22-12-19(18-9-5-11-25-23(18)27-22)20-14-24-13-16-7-2-3-8-17(16)20/h2-14H,1H3. The molecule has 0 unspecified atom stereocenters. The summed E-state index contributed by atoms with van der Waals surface area (Å²) in [5.74, 6) is 0. The molecule has 4 heteroatoms. The van der Waals surface area contributed by atoms with Crippen molar-refractivity contribution in [2.45, 2.75) is 6.92 Å². The Labute approximate surface area is 156 Å². The minimum Gasteiger partial charge on any atom is -0.263 e. The molecule has 0 aliphatic heterocycles. The van der Waals surface area contributed by atoms with Crippen molar-refractivity contribution in [3.63, 3.8) is 0 Å². The van der Waals surface area contributed by atoms with Gasteiger partial charge in [-0.25, -0.2) is 9.97 Å². The zero-order valence-electron chi connectivity index (χ0n) is 14.8. The molecule has 4 nitrogen and oxygen atoms in total. The van der Waals surface area contributed by atoms with Gasteiger partial charge in [-0.15, -0.1) is 0 Å². The van der Waals surface area contributed by atoms with E-state index in [9.17, 15) is 0 Å². The predicted molar refractivity (Wildman–Crippen MR) is 108 cm³/mol. The van der Waals surface area contributed by atoms with Crippen LogP contribution in [0.5, 0.6) is 0 Å². The molecule has 0 aliphatic rings. The van der Waals surface area contributed by atoms with Crippen LogP contribution in [0.2, 0.25) is 0 Å². The van der Waals surface area contributed by atoms with Gasteiger partial charge in [-0.1, -0.05) is 30.3 Å². The van der Waals surface area contributed by atoms with Crippen LogP contribution in [0.15, 0.2) is 79.3 Å². The van der Waals surface area contributed by atoms with Gasteiger partial charge in [0.2, 0.25) is 0 Å². The maximum absolute atomic E-state index is 4.76. The summed E-state index contributed by atoms with van der Waals surface area (Å²) in [5.41, 5.74) is 5.47. The van der Waals surface area contributed by atoms with E-state index >= 15 is 0 Å². The molecule has 0 amide bonds. The smallest absolute Gasteiger partial charge is 0.160 e. The molecule has 5 rings (SSSR count). The summed E-state index contributed by atoms with van der Waals surface area (Å²) in [7, 11) is 0. The number of aromatic nitrogens is 4. The lowest BCUT2D eigenvalue weighted by atomic mass is 9.97. The molecule has 0 N–H and O–H groups in total. The summed E-state index contributed by atoms with van der Waals surface area (Å²) in [4.78, 5) is 18.4. The topological polar surface area (TPSA) is 51.6 Å². The van der Waals surface area contributed by atoms with Crippen LogP contribution in [0.25, 0.3) is 44.3 Å². The second-order valence-electron chi connectivity index (χ2n) is 6.50. The van der Waals surface area contributed by atoms with Gasteiger partial charge in [0.25, 0.3) is 0 Å². The van der Waals surface area contributed by atoms with E-state index in [4.69, 9.17) is 4.98 Å². The van der Waals surface area contributed by atoms with E-state index in [-0.39, 0.29) is 0 Å². The molecule has 4 aromatic heterocycles. The molecule has 27 heavy (non-hydrogen) atoms. The van der Waals surface area contributed by atoms with Gasteiger partial charge in [-0.3, -0.25) is 9.97 Å². The van der Waals surface area contributed by atoms with Crippen molar-refractivity contribution >= 4 is 21.8 Å². The number of nitrogens with zero attached hydrogens (tertiary/aromatic N) is 4. The zero-order valence-corrected chi connectivity index (χ0v) is 14.8. The lowest BCUT2D eigenvalue weighted by Crippen LogP contribution is -1.95. The van der Waals surface area contributed by atoms with Crippen molar-refractivity contribution in [2.75, 3.05) is 0 Å². The first-order valence-electron chi connectivity index (χ1n) is 8.82. The van der Waals surface area contributed by atoms with Crippen molar-refractivity contribution in [3.8, 4) is 22.5 Å². The molecule has 0 aliphatic carbocycles. The van der Waals surface area contributed by atoms with Crippen molar-refractivity contribution in [1.29, 1.82) is 0 Å². The van der Waals surface area contributed by atoms with E-state index < -0.39 is 0 Å². The fourth-order valence-corrected chi connectivity index (χ4v) is 3.43. The van der Waals surface area contributed by atoms with Crippen LogP contribution < -0.4 is 0 Å². The van der Waals surface area contributed by atoms with Crippen LogP contribution in [0.4, 0.5) is 0 Å². The Balaban J connectivity index is 1.86. The van der Waals surface area contributed by atoms with Gasteiger partial charge in [-0.2, -0.15) is 0 Å². The van der Waals surface area contributed by atoms with Crippen molar-refractivity contribution in [2.24, 2.45) is 0 Å². The van der Waals surface area contributed by atoms with Crippen LogP contribution in [-0.4, -0.2) is 19.9 Å². The quantitative estimate of drug-likeness (QED) is 0.439. The van der Waals surface area contributed by atoms with Gasteiger partial charge >= 0.3 is 0 Å². The fourth-order valence-electron chi connectivity index (χ4n) is 3.43. The Morgan fingerprint density at radius 1 is 0.704 bits per heavy atom. The van der Waals surface area contributed by atoms with E-state index in [0.29, 0.717) is 5.65 Å². The van der Waals surface area contributed by atoms with Gasteiger partial charge in [0.1, 0.15) is 0 Å². The van der Waals surface area contributed by atoms with E-state index in [1.807, 2.05) is 49.6 Å². The summed E-state index contributed by atoms with van der Waals surface area (Å²) < 4.78 is 0. The first-order valence-corrected chi connectivity index (χ1v) is 8.82. The minimum atomic E-state index is 0.709. The summed E-state index contributed by atoms with van der Waals surface area (Å²) in [6.07, 6.45) is 5.58. The molecule has 0 bridgehead atoms. The highest BCUT2D eigenvalue weighted by molar-refractivity contribution is 6.04. The third kappa shape index (κ3) is 2.72. The molecule has 1 aromatic carbocycles. The fraction of sp³-hybridized carbons (Fsp3) is 0.0435. The highest BCUT2D eigenvalue weighted by atomic mass is 14.9. The Kier molecular flexibility index (Phi) is 3.61. The number of rotatable bonds is 2. The van der Waals surface area contributed by atoms with Gasteiger partial charge < -0.3 is 0 Å². The molecule has 0 spiro atoms. The first kappa shape index (κ1) is 15.6. The Hall–Kier alpha value is -3.66. The van der Waals surface area contributed by atoms with Gasteiger partial charge in [-0.05, 0) is 48.2 Å². The minimum absolute atomic E-state index is 0.709. The Morgan fingerprint density at radius 3 is 2.52 bits per heavy atom. The normalized spacial score (nSPS) is 11.1. The maximum Gasteiger partial charge on any atom is 0.160 e. The molecule has 0 atom stereocenters. The SMILES string of the molecule is Cc1cccc(-c2cc(-c3cncc4ccccc34)c3cccnc3n2)n1. The van der Waals surface area contributed by atoms with E-state index in [0.717, 1.165) is 44.4 Å². The molecule has 0 fully saturated rings. The maximum atomic E-state index is 4.76. The second-order valence-corrected chi connectivity index (χ2v) is 6.50. The number of aryl methyl sites for hydroxylation is 1. The van der Waals surface area contributed by atoms with Crippen molar-refractivity contribution in [3.05, 3.63) is 84.9 Å².